The van der Waals surface area contributed by atoms with E-state index in [1.54, 1.807) is 0 Å². The molecule has 0 spiro atoms. The third kappa shape index (κ3) is 2.79. The smallest absolute Gasteiger partial charge is 0.243 e. The van der Waals surface area contributed by atoms with E-state index >= 15 is 0 Å². The van der Waals surface area contributed by atoms with Crippen molar-refractivity contribution in [2.24, 2.45) is 7.05 Å². The van der Waals surface area contributed by atoms with Crippen LogP contribution in [0.1, 0.15) is 23.4 Å². The van der Waals surface area contributed by atoms with Gasteiger partial charge in [-0.05, 0) is 25.8 Å². The highest BCUT2D eigenvalue weighted by Gasteiger charge is 2.10. The summed E-state index contributed by atoms with van der Waals surface area (Å²) in [5.41, 5.74) is 5.53. The van der Waals surface area contributed by atoms with Crippen LogP contribution in [0.25, 0.3) is 0 Å². The zero-order valence-electron chi connectivity index (χ0n) is 9.63. The van der Waals surface area contributed by atoms with Crippen LogP contribution in [0.2, 0.25) is 0 Å². The maximum absolute atomic E-state index is 11.2. The van der Waals surface area contributed by atoms with Crippen molar-refractivity contribution in [2.75, 3.05) is 7.11 Å². The third-order valence-corrected chi connectivity index (χ3v) is 2.48. The van der Waals surface area contributed by atoms with E-state index in [1.165, 1.54) is 7.11 Å². The minimum atomic E-state index is -0.111. The van der Waals surface area contributed by atoms with Gasteiger partial charge in [0.15, 0.2) is 0 Å². The monoisotopic (exact) mass is 211 g/mol. The normalized spacial score (nSPS) is 10.4. The van der Waals surface area contributed by atoms with Gasteiger partial charge in [-0.15, -0.1) is 0 Å². The molecule has 0 unspecified atom stereocenters. The topological polar surface area (TPSA) is 56.1 Å². The largest absolute Gasteiger partial charge is 0.277 e. The third-order valence-electron chi connectivity index (χ3n) is 2.48. The standard InChI is InChI=1S/C10H17N3O2/c1-7-9(8(2)13(3)11-7)5-6-10(14)12-15-4/h5-6H2,1-4H3,(H,12,14). The van der Waals surface area contributed by atoms with Gasteiger partial charge in [0.1, 0.15) is 0 Å². The van der Waals surface area contributed by atoms with Crippen LogP contribution in [0.4, 0.5) is 0 Å². The fourth-order valence-electron chi connectivity index (χ4n) is 1.58. The molecule has 84 valence electrons. The van der Waals surface area contributed by atoms with Crippen LogP contribution in [0.5, 0.6) is 0 Å². The molecule has 5 heteroatoms. The number of nitrogens with one attached hydrogen (secondary N) is 1. The van der Waals surface area contributed by atoms with E-state index in [9.17, 15) is 4.79 Å². The molecule has 0 aliphatic rings. The second kappa shape index (κ2) is 4.93. The zero-order chi connectivity index (χ0) is 11.4. The minimum Gasteiger partial charge on any atom is -0.277 e. The molecule has 1 aromatic rings. The number of hydroxylamine groups is 1. The van der Waals surface area contributed by atoms with Gasteiger partial charge < -0.3 is 0 Å². The van der Waals surface area contributed by atoms with Gasteiger partial charge in [-0.2, -0.15) is 5.10 Å². The summed E-state index contributed by atoms with van der Waals surface area (Å²) >= 11 is 0. The fraction of sp³-hybridized carbons (Fsp3) is 0.600. The molecular formula is C10H17N3O2. The van der Waals surface area contributed by atoms with Crippen molar-refractivity contribution in [3.05, 3.63) is 17.0 Å². The predicted molar refractivity (Wildman–Crippen MR) is 56.2 cm³/mol. The van der Waals surface area contributed by atoms with E-state index in [4.69, 9.17) is 0 Å². The average molecular weight is 211 g/mol. The Balaban J connectivity index is 2.61. The van der Waals surface area contributed by atoms with E-state index in [-0.39, 0.29) is 5.91 Å². The molecule has 0 aliphatic heterocycles. The first-order chi connectivity index (χ1) is 7.06. The summed E-state index contributed by atoms with van der Waals surface area (Å²) in [6, 6.07) is 0. The number of hydrogen-bond acceptors (Lipinski definition) is 3. The Labute approximate surface area is 89.4 Å². The molecule has 0 aromatic carbocycles. The first-order valence-electron chi connectivity index (χ1n) is 4.87. The second-order valence-corrected chi connectivity index (χ2v) is 3.50. The first kappa shape index (κ1) is 11.7. The van der Waals surface area contributed by atoms with E-state index in [1.807, 2.05) is 25.6 Å². The van der Waals surface area contributed by atoms with Crippen LogP contribution in [-0.2, 0) is 23.1 Å². The Morgan fingerprint density at radius 1 is 1.53 bits per heavy atom. The predicted octanol–water partition coefficient (Wildman–Crippen LogP) is 0.647. The second-order valence-electron chi connectivity index (χ2n) is 3.50. The van der Waals surface area contributed by atoms with E-state index in [0.717, 1.165) is 17.0 Å². The first-order valence-corrected chi connectivity index (χ1v) is 4.87. The van der Waals surface area contributed by atoms with Crippen molar-refractivity contribution in [1.29, 1.82) is 0 Å². The van der Waals surface area contributed by atoms with Crippen molar-refractivity contribution in [2.45, 2.75) is 26.7 Å². The molecule has 1 amide bonds. The highest BCUT2D eigenvalue weighted by atomic mass is 16.6. The van der Waals surface area contributed by atoms with E-state index in [0.29, 0.717) is 12.8 Å². The van der Waals surface area contributed by atoms with Crippen LogP contribution >= 0.6 is 0 Å². The summed E-state index contributed by atoms with van der Waals surface area (Å²) in [6.45, 7) is 3.96. The number of rotatable bonds is 4. The van der Waals surface area contributed by atoms with Gasteiger partial charge in [0.2, 0.25) is 5.91 Å². The summed E-state index contributed by atoms with van der Waals surface area (Å²) in [7, 11) is 3.33. The van der Waals surface area contributed by atoms with Crippen LogP contribution in [0, 0.1) is 13.8 Å². The Morgan fingerprint density at radius 3 is 2.67 bits per heavy atom. The highest BCUT2D eigenvalue weighted by Crippen LogP contribution is 2.13. The molecule has 0 bridgehead atoms. The molecule has 1 heterocycles. The van der Waals surface area contributed by atoms with Crippen molar-refractivity contribution in [1.82, 2.24) is 15.3 Å². The Morgan fingerprint density at radius 2 is 2.20 bits per heavy atom. The van der Waals surface area contributed by atoms with Gasteiger partial charge in [-0.3, -0.25) is 14.3 Å². The molecule has 0 atom stereocenters. The molecular weight excluding hydrogens is 194 g/mol. The molecule has 0 radical (unpaired) electrons. The lowest BCUT2D eigenvalue weighted by molar-refractivity contribution is -0.131. The molecule has 5 nitrogen and oxygen atoms in total. The lowest BCUT2D eigenvalue weighted by Crippen LogP contribution is -2.22. The molecule has 0 aliphatic carbocycles. The molecule has 0 fully saturated rings. The Kier molecular flexibility index (Phi) is 3.85. The van der Waals surface area contributed by atoms with Gasteiger partial charge in [-0.1, -0.05) is 0 Å². The van der Waals surface area contributed by atoms with E-state index in [2.05, 4.69) is 15.4 Å². The number of carbonyl (C=O) groups excluding carboxylic acids is 1. The van der Waals surface area contributed by atoms with Crippen molar-refractivity contribution >= 4 is 5.91 Å². The highest BCUT2D eigenvalue weighted by molar-refractivity contribution is 5.75. The number of carbonyl (C=O) groups is 1. The number of amides is 1. The summed E-state index contributed by atoms with van der Waals surface area (Å²) in [4.78, 5) is 15.7. The summed E-state index contributed by atoms with van der Waals surface area (Å²) in [5, 5.41) is 4.29. The zero-order valence-corrected chi connectivity index (χ0v) is 9.63. The number of aromatic nitrogens is 2. The van der Waals surface area contributed by atoms with Crippen LogP contribution in [-0.4, -0.2) is 22.8 Å². The molecule has 1 N–H and O–H groups in total. The van der Waals surface area contributed by atoms with Gasteiger partial charge in [0.25, 0.3) is 0 Å². The van der Waals surface area contributed by atoms with Crippen molar-refractivity contribution in [3.63, 3.8) is 0 Å². The Bertz CT molecular complexity index is 358. The molecule has 0 saturated carbocycles. The SMILES string of the molecule is CONC(=O)CCc1c(C)nn(C)c1C. The van der Waals surface area contributed by atoms with Crippen LogP contribution in [0.15, 0.2) is 0 Å². The molecule has 1 rings (SSSR count). The lowest BCUT2D eigenvalue weighted by Gasteiger charge is -2.02. The summed E-state index contributed by atoms with van der Waals surface area (Å²) < 4.78 is 1.83. The van der Waals surface area contributed by atoms with Crippen LogP contribution < -0.4 is 5.48 Å². The number of nitrogens with zero attached hydrogens (tertiary/aromatic N) is 2. The lowest BCUT2D eigenvalue weighted by atomic mass is 10.1. The number of hydrogen-bond donors (Lipinski definition) is 1. The molecule has 0 saturated heterocycles. The quantitative estimate of drug-likeness (QED) is 0.744. The van der Waals surface area contributed by atoms with Crippen LogP contribution in [0.3, 0.4) is 0 Å². The van der Waals surface area contributed by atoms with E-state index < -0.39 is 0 Å². The maximum atomic E-state index is 11.2. The average Bonchev–Trinajstić information content (AvgIpc) is 2.40. The summed E-state index contributed by atoms with van der Waals surface area (Å²) in [5.74, 6) is -0.111. The van der Waals surface area contributed by atoms with Gasteiger partial charge >= 0.3 is 0 Å². The molecule has 15 heavy (non-hydrogen) atoms. The van der Waals surface area contributed by atoms with Gasteiger partial charge in [0, 0.05) is 19.2 Å². The van der Waals surface area contributed by atoms with Gasteiger partial charge in [0.05, 0.1) is 12.8 Å². The Hall–Kier alpha value is -1.36. The fourth-order valence-corrected chi connectivity index (χ4v) is 1.58. The number of aryl methyl sites for hydroxylation is 2. The maximum Gasteiger partial charge on any atom is 0.243 e. The van der Waals surface area contributed by atoms with Crippen molar-refractivity contribution < 1.29 is 9.63 Å². The minimum absolute atomic E-state index is 0.111. The van der Waals surface area contributed by atoms with Crippen molar-refractivity contribution in [3.8, 4) is 0 Å². The summed E-state index contributed by atoms with van der Waals surface area (Å²) in [6.07, 6.45) is 1.11. The molecule has 1 aromatic heterocycles. The van der Waals surface area contributed by atoms with Gasteiger partial charge in [-0.25, -0.2) is 5.48 Å².